The average molecular weight is 637 g/mol. The Morgan fingerprint density at radius 2 is 0.800 bits per heavy atom. The van der Waals surface area contributed by atoms with E-state index in [-0.39, 0.29) is 20.2 Å². The van der Waals surface area contributed by atoms with Crippen LogP contribution in [0.5, 0.6) is 0 Å². The minimum atomic E-state index is -2.30. The lowest BCUT2D eigenvalue weighted by atomic mass is 9.99. The Balaban J connectivity index is 3.75. The molecule has 5 atom stereocenters. The molecule has 1 aliphatic rings. The van der Waals surface area contributed by atoms with Crippen molar-refractivity contribution in [3.8, 4) is 0 Å². The fraction of sp³-hybridized carbons (Fsp3) is 1.00. The summed E-state index contributed by atoms with van der Waals surface area (Å²) in [7, 11) is -8.93. The molecule has 0 spiro atoms. The van der Waals surface area contributed by atoms with Crippen LogP contribution in [0.2, 0.25) is 72.5 Å². The van der Waals surface area contributed by atoms with Crippen LogP contribution in [-0.2, 0) is 22.4 Å². The van der Waals surface area contributed by atoms with Gasteiger partial charge in [0.2, 0.25) is 0 Å². The molecule has 1 N–H and O–H groups in total. The summed E-state index contributed by atoms with van der Waals surface area (Å²) in [5.74, 6) is 0. The van der Waals surface area contributed by atoms with Crippen molar-refractivity contribution in [2.75, 3.05) is 6.61 Å². The van der Waals surface area contributed by atoms with E-state index in [1.807, 2.05) is 0 Å². The standard InChI is InChI=1S/C30H68O6Si4/c1-27(2,3)37(13,14)32-21-22-23(34-38(15,16)28(4,5)6)24(35-39(17,18)29(7,8)9)25(26(31)33-22)36-40(19,20)30(10,11)12/h22-26,31H,21H2,1-20H3/t22-,23-,24+,25-,26?/m1/s1. The van der Waals surface area contributed by atoms with Gasteiger partial charge in [-0.3, -0.25) is 0 Å². The molecule has 0 aliphatic carbocycles. The SMILES string of the molecule is CC(C)(C)[Si](C)(C)OC[C@H]1OC(O)[C@H](O[Si](C)(C)C(C)(C)C)[C@@H](O[Si](C)(C)C(C)(C)C)[C@@H]1O[Si](C)(C)C(C)(C)C. The summed E-state index contributed by atoms with van der Waals surface area (Å²) in [5.41, 5.74) is 0. The van der Waals surface area contributed by atoms with Gasteiger partial charge in [0.05, 0.1) is 6.61 Å². The summed E-state index contributed by atoms with van der Waals surface area (Å²) in [6.45, 7) is 45.3. The Morgan fingerprint density at radius 1 is 0.500 bits per heavy atom. The average Bonchev–Trinajstić information content (AvgIpc) is 2.67. The molecule has 0 aromatic heterocycles. The van der Waals surface area contributed by atoms with E-state index in [0.29, 0.717) is 6.61 Å². The summed E-state index contributed by atoms with van der Waals surface area (Å²) in [5, 5.41) is 11.6. The second-order valence-corrected chi connectivity index (χ2v) is 37.2. The largest absolute Gasteiger partial charge is 0.414 e. The van der Waals surface area contributed by atoms with Crippen LogP contribution in [0.3, 0.4) is 0 Å². The maximum atomic E-state index is 11.6. The number of ether oxygens (including phenoxy) is 1. The Bertz CT molecular complexity index is 831. The minimum absolute atomic E-state index is 0.00872. The molecule has 10 heteroatoms. The van der Waals surface area contributed by atoms with E-state index in [1.165, 1.54) is 0 Å². The number of rotatable bonds is 9. The summed E-state index contributed by atoms with van der Waals surface area (Å²) >= 11 is 0. The second-order valence-electron chi connectivity index (χ2n) is 18.2. The normalized spacial score (nSPS) is 26.8. The first-order valence-electron chi connectivity index (χ1n) is 15.3. The molecule has 40 heavy (non-hydrogen) atoms. The van der Waals surface area contributed by atoms with E-state index in [9.17, 15) is 5.11 Å². The molecule has 1 aliphatic heterocycles. The molecule has 0 aromatic rings. The fourth-order valence-electron chi connectivity index (χ4n) is 3.49. The van der Waals surface area contributed by atoms with E-state index in [4.69, 9.17) is 22.4 Å². The summed E-state index contributed by atoms with van der Waals surface area (Å²) in [4.78, 5) is 0. The van der Waals surface area contributed by atoms with Crippen molar-refractivity contribution in [1.82, 2.24) is 0 Å². The van der Waals surface area contributed by atoms with Gasteiger partial charge in [-0.2, -0.15) is 0 Å². The molecule has 0 radical (unpaired) electrons. The summed E-state index contributed by atoms with van der Waals surface area (Å²) in [6, 6.07) is 0. The number of aliphatic hydroxyl groups is 1. The van der Waals surface area contributed by atoms with Gasteiger partial charge < -0.3 is 27.5 Å². The first kappa shape index (κ1) is 38.7. The summed E-state index contributed by atoms with van der Waals surface area (Å²) < 4.78 is 34.6. The zero-order chi connectivity index (χ0) is 32.1. The van der Waals surface area contributed by atoms with Crippen molar-refractivity contribution in [3.05, 3.63) is 0 Å². The van der Waals surface area contributed by atoms with Crippen LogP contribution in [0, 0.1) is 0 Å². The molecule has 1 rings (SSSR count). The van der Waals surface area contributed by atoms with Crippen LogP contribution in [0.1, 0.15) is 83.1 Å². The molecular weight excluding hydrogens is 569 g/mol. The molecule has 1 unspecified atom stereocenters. The van der Waals surface area contributed by atoms with Crippen LogP contribution in [0.15, 0.2) is 0 Å². The number of aliphatic hydroxyl groups excluding tert-OH is 1. The van der Waals surface area contributed by atoms with Gasteiger partial charge in [-0.1, -0.05) is 83.1 Å². The predicted molar refractivity (Wildman–Crippen MR) is 180 cm³/mol. The van der Waals surface area contributed by atoms with E-state index in [0.717, 1.165) is 0 Å². The molecule has 1 heterocycles. The highest BCUT2D eigenvalue weighted by molar-refractivity contribution is 6.75. The highest BCUT2D eigenvalue weighted by atomic mass is 28.4. The quantitative estimate of drug-likeness (QED) is 0.255. The molecular formula is C30H68O6Si4. The predicted octanol–water partition coefficient (Wildman–Crippen LogP) is 8.90. The van der Waals surface area contributed by atoms with E-state index >= 15 is 0 Å². The van der Waals surface area contributed by atoms with Crippen molar-refractivity contribution in [2.45, 2.75) is 186 Å². The fourth-order valence-corrected chi connectivity index (χ4v) is 8.41. The Labute approximate surface area is 253 Å². The first-order valence-corrected chi connectivity index (χ1v) is 26.9. The number of hydrogen-bond acceptors (Lipinski definition) is 6. The Morgan fingerprint density at radius 3 is 1.12 bits per heavy atom. The lowest BCUT2D eigenvalue weighted by Gasteiger charge is -2.54. The lowest BCUT2D eigenvalue weighted by molar-refractivity contribution is -0.276. The molecule has 0 amide bonds. The third-order valence-electron chi connectivity index (χ3n) is 10.7. The topological polar surface area (TPSA) is 66.4 Å². The maximum Gasteiger partial charge on any atom is 0.192 e. The Kier molecular flexibility index (Phi) is 11.8. The first-order chi connectivity index (χ1) is 17.3. The highest BCUT2D eigenvalue weighted by Gasteiger charge is 2.56. The molecule has 6 nitrogen and oxygen atoms in total. The van der Waals surface area contributed by atoms with Gasteiger partial charge in [0, 0.05) is 0 Å². The molecule has 0 bridgehead atoms. The van der Waals surface area contributed by atoms with Crippen LogP contribution in [0.25, 0.3) is 0 Å². The smallest absolute Gasteiger partial charge is 0.192 e. The van der Waals surface area contributed by atoms with Gasteiger partial charge in [-0.15, -0.1) is 0 Å². The van der Waals surface area contributed by atoms with Crippen molar-refractivity contribution in [2.24, 2.45) is 0 Å². The summed E-state index contributed by atoms with van der Waals surface area (Å²) in [6.07, 6.45) is -3.13. The van der Waals surface area contributed by atoms with E-state index < -0.39 is 64.0 Å². The third kappa shape index (κ3) is 9.08. The van der Waals surface area contributed by atoms with Gasteiger partial charge in [0.25, 0.3) is 0 Å². The maximum absolute atomic E-state index is 11.6. The zero-order valence-electron chi connectivity index (χ0n) is 30.1. The van der Waals surface area contributed by atoms with E-state index in [2.05, 4.69) is 135 Å². The van der Waals surface area contributed by atoms with Crippen molar-refractivity contribution in [1.29, 1.82) is 0 Å². The Hall–Kier alpha value is 0.628. The monoisotopic (exact) mass is 636 g/mol. The van der Waals surface area contributed by atoms with Crippen LogP contribution >= 0.6 is 0 Å². The van der Waals surface area contributed by atoms with Crippen molar-refractivity contribution in [3.63, 3.8) is 0 Å². The van der Waals surface area contributed by atoms with E-state index in [1.54, 1.807) is 0 Å². The second kappa shape index (κ2) is 12.2. The highest BCUT2D eigenvalue weighted by Crippen LogP contribution is 2.46. The van der Waals surface area contributed by atoms with Gasteiger partial charge in [0.1, 0.15) is 24.4 Å². The molecule has 0 aromatic carbocycles. The van der Waals surface area contributed by atoms with Gasteiger partial charge in [-0.25, -0.2) is 0 Å². The van der Waals surface area contributed by atoms with Gasteiger partial charge in [-0.05, 0) is 72.5 Å². The zero-order valence-corrected chi connectivity index (χ0v) is 34.1. The molecule has 1 fully saturated rings. The third-order valence-corrected chi connectivity index (χ3v) is 28.7. The van der Waals surface area contributed by atoms with Crippen molar-refractivity contribution >= 4 is 33.3 Å². The number of hydrogen-bond donors (Lipinski definition) is 1. The van der Waals surface area contributed by atoms with Gasteiger partial charge in [0.15, 0.2) is 39.6 Å². The lowest BCUT2D eigenvalue weighted by Crippen LogP contribution is -2.68. The van der Waals surface area contributed by atoms with Crippen LogP contribution in [-0.4, -0.2) is 75.7 Å². The van der Waals surface area contributed by atoms with Gasteiger partial charge >= 0.3 is 0 Å². The minimum Gasteiger partial charge on any atom is -0.414 e. The van der Waals surface area contributed by atoms with Crippen LogP contribution < -0.4 is 0 Å². The molecule has 240 valence electrons. The molecule has 0 saturated carbocycles. The van der Waals surface area contributed by atoms with Crippen LogP contribution in [0.4, 0.5) is 0 Å². The van der Waals surface area contributed by atoms with Crippen molar-refractivity contribution < 1.29 is 27.5 Å². The molecule has 1 saturated heterocycles.